The number of aromatic carboxylic acids is 1. The fraction of sp³-hybridized carbons (Fsp3) is 0. The highest BCUT2D eigenvalue weighted by Gasteiger charge is 2.17. The smallest absolute Gasteiger partial charge is 0.356 e. The van der Waals surface area contributed by atoms with Crippen molar-refractivity contribution in [2.24, 2.45) is 0 Å². The molecule has 2 aromatic heterocycles. The van der Waals surface area contributed by atoms with Crippen molar-refractivity contribution in [1.29, 1.82) is 0 Å². The summed E-state index contributed by atoms with van der Waals surface area (Å²) in [7, 11) is 0. The SMILES string of the molecule is O=C(O)c1cnnn1-c1ccc(-c2ccccc2)c(-c2nc3ccccc3s2)c1. The summed E-state index contributed by atoms with van der Waals surface area (Å²) in [5, 5.41) is 18.0. The second-order valence-corrected chi connectivity index (χ2v) is 7.45. The zero-order valence-corrected chi connectivity index (χ0v) is 15.9. The molecule has 0 spiro atoms. The summed E-state index contributed by atoms with van der Waals surface area (Å²) in [6.07, 6.45) is 1.24. The van der Waals surface area contributed by atoms with Gasteiger partial charge < -0.3 is 5.11 Å². The third-order valence-electron chi connectivity index (χ3n) is 4.63. The number of hydrogen-bond acceptors (Lipinski definition) is 5. The predicted molar refractivity (Wildman–Crippen MR) is 112 cm³/mol. The molecule has 5 aromatic rings. The maximum atomic E-state index is 11.5. The van der Waals surface area contributed by atoms with Gasteiger partial charge in [0.1, 0.15) is 5.01 Å². The number of nitrogens with zero attached hydrogens (tertiary/aromatic N) is 4. The van der Waals surface area contributed by atoms with E-state index in [0.717, 1.165) is 31.9 Å². The molecule has 0 saturated heterocycles. The van der Waals surface area contributed by atoms with Gasteiger partial charge in [0.15, 0.2) is 5.69 Å². The van der Waals surface area contributed by atoms with Crippen LogP contribution in [0.1, 0.15) is 10.5 Å². The minimum Gasteiger partial charge on any atom is -0.476 e. The van der Waals surface area contributed by atoms with Gasteiger partial charge in [0.05, 0.1) is 22.1 Å². The van der Waals surface area contributed by atoms with E-state index in [4.69, 9.17) is 4.98 Å². The van der Waals surface area contributed by atoms with Gasteiger partial charge in [0, 0.05) is 5.56 Å². The number of hydrogen-bond donors (Lipinski definition) is 1. The number of fused-ring (bicyclic) bond motifs is 1. The molecule has 29 heavy (non-hydrogen) atoms. The van der Waals surface area contributed by atoms with Crippen LogP contribution in [0.15, 0.2) is 79.0 Å². The van der Waals surface area contributed by atoms with E-state index in [1.165, 1.54) is 10.9 Å². The van der Waals surface area contributed by atoms with Crippen LogP contribution in [0.5, 0.6) is 0 Å². The maximum Gasteiger partial charge on any atom is 0.356 e. The zero-order valence-electron chi connectivity index (χ0n) is 15.1. The van der Waals surface area contributed by atoms with E-state index in [0.29, 0.717) is 5.69 Å². The van der Waals surface area contributed by atoms with E-state index >= 15 is 0 Å². The molecule has 1 N–H and O–H groups in total. The summed E-state index contributed by atoms with van der Waals surface area (Å²) in [6, 6.07) is 23.8. The highest BCUT2D eigenvalue weighted by Crippen LogP contribution is 2.38. The fourth-order valence-electron chi connectivity index (χ4n) is 3.27. The summed E-state index contributed by atoms with van der Waals surface area (Å²) < 4.78 is 2.42. The Balaban J connectivity index is 1.75. The average Bonchev–Trinajstić information content (AvgIpc) is 3.41. The first-order chi connectivity index (χ1) is 14.2. The van der Waals surface area contributed by atoms with Crippen LogP contribution in [0, 0.1) is 0 Å². The molecule has 0 radical (unpaired) electrons. The number of benzene rings is 3. The van der Waals surface area contributed by atoms with E-state index in [1.54, 1.807) is 11.3 Å². The Morgan fingerprint density at radius 3 is 2.52 bits per heavy atom. The number of thiazole rings is 1. The summed E-state index contributed by atoms with van der Waals surface area (Å²) in [5.74, 6) is -1.08. The lowest BCUT2D eigenvalue weighted by atomic mass is 9.99. The minimum atomic E-state index is -1.08. The minimum absolute atomic E-state index is 0.00714. The van der Waals surface area contributed by atoms with Gasteiger partial charge in [-0.05, 0) is 35.4 Å². The van der Waals surface area contributed by atoms with Crippen molar-refractivity contribution >= 4 is 27.5 Å². The van der Waals surface area contributed by atoms with Crippen molar-refractivity contribution in [2.45, 2.75) is 0 Å². The first-order valence-corrected chi connectivity index (χ1v) is 9.72. The molecule has 0 aliphatic carbocycles. The van der Waals surface area contributed by atoms with Gasteiger partial charge >= 0.3 is 5.97 Å². The Morgan fingerprint density at radius 2 is 1.72 bits per heavy atom. The van der Waals surface area contributed by atoms with E-state index in [-0.39, 0.29) is 5.69 Å². The average molecular weight is 398 g/mol. The van der Waals surface area contributed by atoms with Crippen molar-refractivity contribution in [3.05, 3.63) is 84.7 Å². The number of aromatic nitrogens is 4. The Labute approximate surface area is 169 Å². The molecular weight excluding hydrogens is 384 g/mol. The third kappa shape index (κ3) is 3.07. The van der Waals surface area contributed by atoms with Crippen molar-refractivity contribution < 1.29 is 9.90 Å². The Bertz CT molecular complexity index is 1310. The standard InChI is InChI=1S/C22H14N4O2S/c27-22(28)19-13-23-25-26(19)15-10-11-16(14-6-2-1-3-7-14)17(12-15)21-24-18-8-4-5-9-20(18)29-21/h1-13H,(H,27,28). The first kappa shape index (κ1) is 17.3. The summed E-state index contributed by atoms with van der Waals surface area (Å²) in [6.45, 7) is 0. The van der Waals surface area contributed by atoms with Gasteiger partial charge in [-0.1, -0.05) is 53.7 Å². The maximum absolute atomic E-state index is 11.5. The Hall–Kier alpha value is -3.84. The van der Waals surface area contributed by atoms with Gasteiger partial charge in [0.2, 0.25) is 0 Å². The number of carboxylic acid groups (broad SMARTS) is 1. The highest BCUT2D eigenvalue weighted by molar-refractivity contribution is 7.21. The van der Waals surface area contributed by atoms with Crippen molar-refractivity contribution in [2.75, 3.05) is 0 Å². The lowest BCUT2D eigenvalue weighted by Crippen LogP contribution is -2.08. The molecule has 0 fully saturated rings. The van der Waals surface area contributed by atoms with Crippen molar-refractivity contribution in [1.82, 2.24) is 20.0 Å². The Kier molecular flexibility index (Phi) is 4.14. The monoisotopic (exact) mass is 398 g/mol. The van der Waals surface area contributed by atoms with E-state index < -0.39 is 5.97 Å². The largest absolute Gasteiger partial charge is 0.476 e. The van der Waals surface area contributed by atoms with Crippen molar-refractivity contribution in [3.8, 4) is 27.4 Å². The predicted octanol–water partition coefficient (Wildman–Crippen LogP) is 4.91. The normalized spacial score (nSPS) is 11.0. The molecule has 0 bridgehead atoms. The quantitative estimate of drug-likeness (QED) is 0.465. The lowest BCUT2D eigenvalue weighted by molar-refractivity contribution is 0.0687. The van der Waals surface area contributed by atoms with Crippen LogP contribution >= 0.6 is 11.3 Å². The fourth-order valence-corrected chi connectivity index (χ4v) is 4.27. The molecule has 0 atom stereocenters. The number of carbonyl (C=O) groups is 1. The van der Waals surface area contributed by atoms with Gasteiger partial charge in [-0.2, -0.15) is 0 Å². The molecule has 5 rings (SSSR count). The summed E-state index contributed by atoms with van der Waals surface area (Å²) >= 11 is 1.60. The van der Waals surface area contributed by atoms with Crippen molar-refractivity contribution in [3.63, 3.8) is 0 Å². The first-order valence-electron chi connectivity index (χ1n) is 8.90. The second kappa shape index (κ2) is 6.96. The zero-order chi connectivity index (χ0) is 19.8. The van der Waals surface area contributed by atoms with Crippen LogP contribution in [0.25, 0.3) is 37.6 Å². The second-order valence-electron chi connectivity index (χ2n) is 6.42. The number of carboxylic acids is 1. The Morgan fingerprint density at radius 1 is 0.931 bits per heavy atom. The molecule has 6 nitrogen and oxygen atoms in total. The van der Waals surface area contributed by atoms with Gasteiger partial charge in [0.25, 0.3) is 0 Å². The molecule has 0 unspecified atom stereocenters. The molecule has 0 aliphatic heterocycles. The lowest BCUT2D eigenvalue weighted by Gasteiger charge is -2.11. The molecule has 0 amide bonds. The van der Waals surface area contributed by atoms with Gasteiger partial charge in [-0.25, -0.2) is 14.5 Å². The topological polar surface area (TPSA) is 80.9 Å². The third-order valence-corrected chi connectivity index (χ3v) is 5.69. The van der Waals surface area contributed by atoms with Crippen LogP contribution in [0.2, 0.25) is 0 Å². The van der Waals surface area contributed by atoms with E-state index in [2.05, 4.69) is 10.3 Å². The van der Waals surface area contributed by atoms with Gasteiger partial charge in [-0.3, -0.25) is 0 Å². The summed E-state index contributed by atoms with van der Waals surface area (Å²) in [5.41, 5.74) is 4.56. The number of rotatable bonds is 4. The number of para-hydroxylation sites is 1. The molecule has 0 saturated carbocycles. The summed E-state index contributed by atoms with van der Waals surface area (Å²) in [4.78, 5) is 16.3. The molecule has 0 aliphatic rings. The van der Waals surface area contributed by atoms with Crippen LogP contribution in [0.4, 0.5) is 0 Å². The molecule has 140 valence electrons. The highest BCUT2D eigenvalue weighted by atomic mass is 32.1. The van der Waals surface area contributed by atoms with E-state index in [1.807, 2.05) is 72.8 Å². The molecular formula is C22H14N4O2S. The van der Waals surface area contributed by atoms with Crippen LogP contribution in [0.3, 0.4) is 0 Å². The molecule has 2 heterocycles. The van der Waals surface area contributed by atoms with Crippen LogP contribution in [-0.2, 0) is 0 Å². The molecule has 3 aromatic carbocycles. The van der Waals surface area contributed by atoms with Crippen LogP contribution in [-0.4, -0.2) is 31.1 Å². The van der Waals surface area contributed by atoms with E-state index in [9.17, 15) is 9.90 Å². The van der Waals surface area contributed by atoms with Gasteiger partial charge in [-0.15, -0.1) is 16.4 Å². The van der Waals surface area contributed by atoms with Crippen LogP contribution < -0.4 is 0 Å². The molecule has 7 heteroatoms.